The van der Waals surface area contributed by atoms with Gasteiger partial charge in [0.15, 0.2) is 0 Å². The van der Waals surface area contributed by atoms with Crippen LogP contribution in [-0.2, 0) is 11.3 Å². The second-order valence-electron chi connectivity index (χ2n) is 5.51. The maximum atomic E-state index is 10.9. The summed E-state index contributed by atoms with van der Waals surface area (Å²) in [7, 11) is 0. The third-order valence-corrected chi connectivity index (χ3v) is 3.42. The fraction of sp³-hybridized carbons (Fsp3) is 0.600. The normalized spacial score (nSPS) is 16.1. The smallest absolute Gasteiger partial charge is 0.270 e. The van der Waals surface area contributed by atoms with Crippen molar-refractivity contribution in [3.63, 3.8) is 0 Å². The van der Waals surface area contributed by atoms with Gasteiger partial charge in [0.25, 0.3) is 5.69 Å². The largest absolute Gasteiger partial charge is 0.490 e. The SMILES string of the molecule is CC(C)NCc1cc([N+](=O)[O-])ccc1OC1CCOCC1. The van der Waals surface area contributed by atoms with Crippen molar-refractivity contribution >= 4 is 5.69 Å². The number of nitro benzene ring substituents is 1. The molecule has 1 aromatic carbocycles. The quantitative estimate of drug-likeness (QED) is 0.645. The predicted octanol–water partition coefficient (Wildman–Crippen LogP) is 2.65. The van der Waals surface area contributed by atoms with Crippen LogP contribution in [0.4, 0.5) is 5.69 Å². The Balaban J connectivity index is 2.14. The van der Waals surface area contributed by atoms with E-state index < -0.39 is 0 Å². The van der Waals surface area contributed by atoms with Gasteiger partial charge in [-0.2, -0.15) is 0 Å². The summed E-state index contributed by atoms with van der Waals surface area (Å²) >= 11 is 0. The number of hydrogen-bond donors (Lipinski definition) is 1. The zero-order chi connectivity index (χ0) is 15.2. The van der Waals surface area contributed by atoms with Gasteiger partial charge in [0.2, 0.25) is 0 Å². The Bertz CT molecular complexity index is 485. The minimum Gasteiger partial charge on any atom is -0.490 e. The van der Waals surface area contributed by atoms with Gasteiger partial charge in [-0.25, -0.2) is 0 Å². The number of nitro groups is 1. The molecule has 1 N–H and O–H groups in total. The van der Waals surface area contributed by atoms with E-state index >= 15 is 0 Å². The van der Waals surface area contributed by atoms with E-state index in [-0.39, 0.29) is 16.7 Å². The molecule has 1 fully saturated rings. The number of nitrogens with zero attached hydrogens (tertiary/aromatic N) is 1. The summed E-state index contributed by atoms with van der Waals surface area (Å²) in [5.41, 5.74) is 0.916. The zero-order valence-corrected chi connectivity index (χ0v) is 12.5. The van der Waals surface area contributed by atoms with Crippen LogP contribution in [0.5, 0.6) is 5.75 Å². The lowest BCUT2D eigenvalue weighted by atomic mass is 10.1. The van der Waals surface area contributed by atoms with E-state index in [1.165, 1.54) is 6.07 Å². The van der Waals surface area contributed by atoms with E-state index in [0.717, 1.165) is 24.2 Å². The van der Waals surface area contributed by atoms with Gasteiger partial charge in [0.05, 0.1) is 18.1 Å². The van der Waals surface area contributed by atoms with Crippen molar-refractivity contribution < 1.29 is 14.4 Å². The third-order valence-electron chi connectivity index (χ3n) is 3.42. The lowest BCUT2D eigenvalue weighted by molar-refractivity contribution is -0.384. The molecule has 1 aliphatic heterocycles. The maximum Gasteiger partial charge on any atom is 0.270 e. The third kappa shape index (κ3) is 4.68. The highest BCUT2D eigenvalue weighted by Crippen LogP contribution is 2.27. The molecule has 0 radical (unpaired) electrons. The number of rotatable bonds is 6. The van der Waals surface area contributed by atoms with Crippen LogP contribution in [0.3, 0.4) is 0 Å². The molecule has 1 aliphatic rings. The first-order valence-electron chi connectivity index (χ1n) is 7.31. The van der Waals surface area contributed by atoms with Crippen LogP contribution in [0.25, 0.3) is 0 Å². The molecule has 0 aromatic heterocycles. The van der Waals surface area contributed by atoms with Crippen LogP contribution >= 0.6 is 0 Å². The maximum absolute atomic E-state index is 10.9. The van der Waals surface area contributed by atoms with E-state index in [1.54, 1.807) is 12.1 Å². The molecule has 0 spiro atoms. The van der Waals surface area contributed by atoms with Crippen LogP contribution in [0.2, 0.25) is 0 Å². The first-order valence-corrected chi connectivity index (χ1v) is 7.31. The van der Waals surface area contributed by atoms with Crippen LogP contribution < -0.4 is 10.1 Å². The van der Waals surface area contributed by atoms with E-state index in [0.29, 0.717) is 25.8 Å². The molecule has 6 nitrogen and oxygen atoms in total. The zero-order valence-electron chi connectivity index (χ0n) is 12.5. The number of benzene rings is 1. The van der Waals surface area contributed by atoms with Crippen LogP contribution in [0.15, 0.2) is 18.2 Å². The number of non-ortho nitro benzene ring substituents is 1. The van der Waals surface area contributed by atoms with Gasteiger partial charge in [0, 0.05) is 43.1 Å². The average Bonchev–Trinajstić information content (AvgIpc) is 2.47. The fourth-order valence-corrected chi connectivity index (χ4v) is 2.22. The van der Waals surface area contributed by atoms with Crippen molar-refractivity contribution in [2.45, 2.75) is 45.4 Å². The standard InChI is InChI=1S/C15H22N2O4/c1-11(2)16-10-12-9-13(17(18)19)3-4-15(12)21-14-5-7-20-8-6-14/h3-4,9,11,14,16H,5-8,10H2,1-2H3. The summed E-state index contributed by atoms with van der Waals surface area (Å²) in [5.74, 6) is 0.723. The molecule has 1 saturated heterocycles. The van der Waals surface area contributed by atoms with Crippen LogP contribution in [0.1, 0.15) is 32.3 Å². The molecular weight excluding hydrogens is 272 g/mol. The molecular formula is C15H22N2O4. The van der Waals surface area contributed by atoms with Gasteiger partial charge in [-0.15, -0.1) is 0 Å². The molecule has 0 unspecified atom stereocenters. The monoisotopic (exact) mass is 294 g/mol. The Kier molecular flexibility index (Phi) is 5.52. The van der Waals surface area contributed by atoms with Crippen molar-refractivity contribution in [1.29, 1.82) is 0 Å². The summed E-state index contributed by atoms with van der Waals surface area (Å²) in [6.07, 6.45) is 1.83. The van der Waals surface area contributed by atoms with Crippen molar-refractivity contribution in [3.8, 4) is 5.75 Å². The minimum atomic E-state index is -0.378. The molecule has 2 rings (SSSR count). The van der Waals surface area contributed by atoms with E-state index in [9.17, 15) is 10.1 Å². The van der Waals surface area contributed by atoms with Crippen LogP contribution in [0, 0.1) is 10.1 Å². The van der Waals surface area contributed by atoms with Crippen molar-refractivity contribution in [2.24, 2.45) is 0 Å². The molecule has 0 saturated carbocycles. The summed E-state index contributed by atoms with van der Waals surface area (Å²) in [6.45, 7) is 6.04. The Morgan fingerprint density at radius 3 is 2.76 bits per heavy atom. The van der Waals surface area contributed by atoms with Crippen molar-refractivity contribution in [3.05, 3.63) is 33.9 Å². The summed E-state index contributed by atoms with van der Waals surface area (Å²) in [5, 5.41) is 14.2. The first-order chi connectivity index (χ1) is 10.1. The second kappa shape index (κ2) is 7.38. The van der Waals surface area contributed by atoms with Crippen molar-refractivity contribution in [1.82, 2.24) is 5.32 Å². The molecule has 116 valence electrons. The number of nitrogens with one attached hydrogen (secondary N) is 1. The number of ether oxygens (including phenoxy) is 2. The second-order valence-corrected chi connectivity index (χ2v) is 5.51. The van der Waals surface area contributed by atoms with E-state index in [2.05, 4.69) is 5.32 Å². The Morgan fingerprint density at radius 1 is 1.43 bits per heavy atom. The molecule has 0 atom stereocenters. The Hall–Kier alpha value is -1.66. The Morgan fingerprint density at radius 2 is 2.14 bits per heavy atom. The van der Waals surface area contributed by atoms with Gasteiger partial charge in [-0.1, -0.05) is 13.8 Å². The molecule has 1 heterocycles. The first kappa shape index (κ1) is 15.7. The van der Waals surface area contributed by atoms with Gasteiger partial charge in [0.1, 0.15) is 11.9 Å². The highest BCUT2D eigenvalue weighted by molar-refractivity contribution is 5.44. The molecule has 0 aliphatic carbocycles. The molecule has 6 heteroatoms. The highest BCUT2D eigenvalue weighted by atomic mass is 16.6. The van der Waals surface area contributed by atoms with Gasteiger partial charge >= 0.3 is 0 Å². The minimum absolute atomic E-state index is 0.0925. The molecule has 0 bridgehead atoms. The molecule has 21 heavy (non-hydrogen) atoms. The highest BCUT2D eigenvalue weighted by Gasteiger charge is 2.18. The Labute approximate surface area is 124 Å². The van der Waals surface area contributed by atoms with Gasteiger partial charge in [-0.3, -0.25) is 10.1 Å². The lowest BCUT2D eigenvalue weighted by Crippen LogP contribution is -2.27. The predicted molar refractivity (Wildman–Crippen MR) is 79.5 cm³/mol. The van der Waals surface area contributed by atoms with Gasteiger partial charge in [-0.05, 0) is 6.07 Å². The topological polar surface area (TPSA) is 73.6 Å². The number of hydrogen-bond acceptors (Lipinski definition) is 5. The van der Waals surface area contributed by atoms with Crippen molar-refractivity contribution in [2.75, 3.05) is 13.2 Å². The summed E-state index contributed by atoms with van der Waals surface area (Å²) in [6, 6.07) is 5.09. The summed E-state index contributed by atoms with van der Waals surface area (Å²) in [4.78, 5) is 10.5. The average molecular weight is 294 g/mol. The molecule has 0 amide bonds. The van der Waals surface area contributed by atoms with E-state index in [4.69, 9.17) is 9.47 Å². The van der Waals surface area contributed by atoms with E-state index in [1.807, 2.05) is 13.8 Å². The molecule has 1 aromatic rings. The summed E-state index contributed by atoms with van der Waals surface area (Å²) < 4.78 is 11.3. The van der Waals surface area contributed by atoms with Gasteiger partial charge < -0.3 is 14.8 Å². The fourth-order valence-electron chi connectivity index (χ4n) is 2.22. The lowest BCUT2D eigenvalue weighted by Gasteiger charge is -2.24. The van der Waals surface area contributed by atoms with Crippen LogP contribution in [-0.4, -0.2) is 30.3 Å².